The molecule has 0 spiro atoms. The first kappa shape index (κ1) is 10.9. The normalized spacial score (nSPS) is 12.2. The maximum Gasteiger partial charge on any atom is 0.0625 e. The van der Waals surface area contributed by atoms with Crippen molar-refractivity contribution in [1.82, 2.24) is 0 Å². The lowest BCUT2D eigenvalue weighted by atomic mass is 10.3. The van der Waals surface area contributed by atoms with Gasteiger partial charge in [-0.1, -0.05) is 33.1 Å². The molecular weight excluding hydrogens is 166 g/mol. The molecule has 0 fully saturated rings. The quantitative estimate of drug-likeness (QED) is 0.617. The van der Waals surface area contributed by atoms with Crippen LogP contribution in [0.2, 0.25) is 30.8 Å². The minimum Gasteiger partial charge on any atom is -0.198 e. The minimum atomic E-state index is -0.449. The highest BCUT2D eigenvalue weighted by molar-refractivity contribution is 6.81. The first-order chi connectivity index (χ1) is 5.01. The molecule has 0 bridgehead atoms. The zero-order valence-corrected chi connectivity index (χ0v) is 10.2. The van der Waals surface area contributed by atoms with Crippen LogP contribution < -0.4 is 0 Å². The van der Waals surface area contributed by atoms with Gasteiger partial charge >= 0.3 is 0 Å². The molecule has 0 N–H and O–H groups in total. The zero-order chi connectivity index (χ0) is 9.07. The number of hydrogen-bond acceptors (Lipinski definition) is 1. The van der Waals surface area contributed by atoms with Crippen LogP contribution in [-0.2, 0) is 0 Å². The fourth-order valence-electron chi connectivity index (χ4n) is 1.51. The van der Waals surface area contributed by atoms with E-state index in [2.05, 4.69) is 39.2 Å². The Kier molecular flexibility index (Phi) is 4.05. The highest BCUT2D eigenvalue weighted by Crippen LogP contribution is 2.36. The highest BCUT2D eigenvalue weighted by atomic mass is 28.3. The molecule has 3 heteroatoms. The maximum atomic E-state index is 9.12. The second kappa shape index (κ2) is 4.08. The molecule has 0 aromatic carbocycles. The van der Waals surface area contributed by atoms with E-state index in [0.717, 1.165) is 6.42 Å². The largest absolute Gasteiger partial charge is 0.198 e. The monoisotopic (exact) mass is 183 g/mol. The minimum absolute atomic E-state index is 0.0926. The molecule has 0 rings (SSSR count). The molecule has 2 radical (unpaired) electrons. The third-order valence-corrected chi connectivity index (χ3v) is 9.77. The van der Waals surface area contributed by atoms with E-state index in [1.54, 1.807) is 0 Å². The molecule has 0 saturated heterocycles. The van der Waals surface area contributed by atoms with Crippen molar-refractivity contribution < 1.29 is 0 Å². The predicted octanol–water partition coefficient (Wildman–Crippen LogP) is 2.71. The lowest BCUT2D eigenvalue weighted by Crippen LogP contribution is -2.36. The first-order valence-electron chi connectivity index (χ1n) is 4.03. The SMILES string of the molecule is CCC(C#N)([Si](C)C)[Si](C)C. The predicted molar refractivity (Wildman–Crippen MR) is 53.6 cm³/mol. The lowest BCUT2D eigenvalue weighted by molar-refractivity contribution is 0.847. The number of nitriles is 1. The second-order valence-corrected chi connectivity index (χ2v) is 9.58. The van der Waals surface area contributed by atoms with Crippen molar-refractivity contribution in [3.63, 3.8) is 0 Å². The number of nitrogens with zero attached hydrogens (tertiary/aromatic N) is 1. The Balaban J connectivity index is 4.65. The van der Waals surface area contributed by atoms with E-state index in [1.165, 1.54) is 0 Å². The van der Waals surface area contributed by atoms with E-state index in [-0.39, 0.29) is 4.66 Å². The van der Waals surface area contributed by atoms with Crippen LogP contribution in [0.3, 0.4) is 0 Å². The standard InChI is InChI=1S/C8H17NSi2/c1-6-8(7-9,10(2)3)11(4)5/h6H2,1-5H3. The van der Waals surface area contributed by atoms with Gasteiger partial charge in [-0.25, -0.2) is 0 Å². The Morgan fingerprint density at radius 3 is 1.55 bits per heavy atom. The zero-order valence-electron chi connectivity index (χ0n) is 8.15. The van der Waals surface area contributed by atoms with Crippen molar-refractivity contribution in [3.8, 4) is 6.07 Å². The van der Waals surface area contributed by atoms with Crippen LogP contribution in [0.5, 0.6) is 0 Å². The Labute approximate surface area is 73.6 Å². The van der Waals surface area contributed by atoms with E-state index in [0.29, 0.717) is 0 Å². The van der Waals surface area contributed by atoms with Crippen LogP contribution in [-0.4, -0.2) is 17.6 Å². The van der Waals surface area contributed by atoms with Gasteiger partial charge in [0.2, 0.25) is 0 Å². The number of hydrogen-bond donors (Lipinski definition) is 0. The number of rotatable bonds is 3. The maximum absolute atomic E-state index is 9.12. The summed E-state index contributed by atoms with van der Waals surface area (Å²) in [6, 6.07) is 2.55. The van der Waals surface area contributed by atoms with Gasteiger partial charge in [0, 0.05) is 4.66 Å². The van der Waals surface area contributed by atoms with Gasteiger partial charge in [-0.15, -0.1) is 0 Å². The fourth-order valence-corrected chi connectivity index (χ4v) is 7.37. The van der Waals surface area contributed by atoms with Gasteiger partial charge in [0.05, 0.1) is 23.7 Å². The summed E-state index contributed by atoms with van der Waals surface area (Å²) < 4.78 is 0.0926. The van der Waals surface area contributed by atoms with Crippen molar-refractivity contribution in [2.75, 3.05) is 0 Å². The summed E-state index contributed by atoms with van der Waals surface area (Å²) in [5, 5.41) is 9.12. The summed E-state index contributed by atoms with van der Waals surface area (Å²) in [4.78, 5) is 0. The Hall–Kier alpha value is -0.0762. The summed E-state index contributed by atoms with van der Waals surface area (Å²) >= 11 is 0. The Morgan fingerprint density at radius 2 is 1.55 bits per heavy atom. The smallest absolute Gasteiger partial charge is 0.0625 e. The molecule has 11 heavy (non-hydrogen) atoms. The Bertz CT molecular complexity index is 150. The van der Waals surface area contributed by atoms with Crippen molar-refractivity contribution in [1.29, 1.82) is 5.26 Å². The van der Waals surface area contributed by atoms with Gasteiger partial charge in [0.15, 0.2) is 0 Å². The summed E-state index contributed by atoms with van der Waals surface area (Å²) in [6.07, 6.45) is 1.05. The molecule has 0 aliphatic rings. The molecule has 0 aromatic heterocycles. The van der Waals surface area contributed by atoms with Crippen molar-refractivity contribution in [3.05, 3.63) is 0 Å². The third-order valence-electron chi connectivity index (χ3n) is 2.43. The summed E-state index contributed by atoms with van der Waals surface area (Å²) in [6.45, 7) is 11.2. The second-order valence-electron chi connectivity index (χ2n) is 3.37. The molecule has 62 valence electrons. The summed E-state index contributed by atoms with van der Waals surface area (Å²) in [7, 11) is -0.899. The molecule has 0 unspecified atom stereocenters. The van der Waals surface area contributed by atoms with Gasteiger partial charge < -0.3 is 0 Å². The highest BCUT2D eigenvalue weighted by Gasteiger charge is 2.36. The van der Waals surface area contributed by atoms with Gasteiger partial charge in [-0.3, -0.25) is 0 Å². The van der Waals surface area contributed by atoms with Crippen LogP contribution in [0, 0.1) is 11.3 Å². The summed E-state index contributed by atoms with van der Waals surface area (Å²) in [5.74, 6) is 0. The topological polar surface area (TPSA) is 23.8 Å². The van der Waals surface area contributed by atoms with Crippen LogP contribution >= 0.6 is 0 Å². The average Bonchev–Trinajstić information content (AvgIpc) is 1.90. The lowest BCUT2D eigenvalue weighted by Gasteiger charge is -2.31. The van der Waals surface area contributed by atoms with E-state index < -0.39 is 17.6 Å². The van der Waals surface area contributed by atoms with Crippen molar-refractivity contribution in [2.24, 2.45) is 0 Å². The van der Waals surface area contributed by atoms with Crippen LogP contribution in [0.4, 0.5) is 0 Å². The summed E-state index contributed by atoms with van der Waals surface area (Å²) in [5.41, 5.74) is 0. The van der Waals surface area contributed by atoms with E-state index in [4.69, 9.17) is 5.26 Å². The molecule has 0 heterocycles. The molecule has 0 aliphatic heterocycles. The van der Waals surface area contributed by atoms with E-state index >= 15 is 0 Å². The van der Waals surface area contributed by atoms with E-state index in [1.807, 2.05) is 0 Å². The molecule has 0 aliphatic carbocycles. The van der Waals surface area contributed by atoms with Crippen molar-refractivity contribution >= 4 is 17.6 Å². The van der Waals surface area contributed by atoms with Crippen LogP contribution in [0.1, 0.15) is 13.3 Å². The molecule has 0 atom stereocenters. The van der Waals surface area contributed by atoms with Gasteiger partial charge in [-0.2, -0.15) is 5.26 Å². The van der Waals surface area contributed by atoms with Crippen LogP contribution in [0.25, 0.3) is 0 Å². The van der Waals surface area contributed by atoms with Gasteiger partial charge in [-0.05, 0) is 6.42 Å². The van der Waals surface area contributed by atoms with Gasteiger partial charge in [0.25, 0.3) is 0 Å². The third kappa shape index (κ3) is 1.94. The van der Waals surface area contributed by atoms with E-state index in [9.17, 15) is 0 Å². The van der Waals surface area contributed by atoms with Crippen LogP contribution in [0.15, 0.2) is 0 Å². The molecule has 1 nitrogen and oxygen atoms in total. The van der Waals surface area contributed by atoms with Crippen molar-refractivity contribution in [2.45, 2.75) is 44.2 Å². The fraction of sp³-hybridized carbons (Fsp3) is 0.875. The average molecular weight is 183 g/mol. The first-order valence-corrected chi connectivity index (χ1v) is 9.03. The molecule has 0 saturated carbocycles. The molecule has 0 aromatic rings. The van der Waals surface area contributed by atoms with Gasteiger partial charge in [0.1, 0.15) is 0 Å². The molecule has 0 amide bonds. The molecular formula is C8H17NSi2. The Morgan fingerprint density at radius 1 is 1.18 bits per heavy atom.